The van der Waals surface area contributed by atoms with Crippen LogP contribution in [0.1, 0.15) is 53.0 Å². The molecule has 0 radical (unpaired) electrons. The zero-order chi connectivity index (χ0) is 26.6. The Bertz CT molecular complexity index is 1590. The minimum Gasteiger partial charge on any atom is -0.321 e. The third-order valence-electron chi connectivity index (χ3n) is 6.98. The molecule has 38 heavy (non-hydrogen) atoms. The number of benzene rings is 3. The highest BCUT2D eigenvalue weighted by Gasteiger charge is 2.26. The highest BCUT2D eigenvalue weighted by Crippen LogP contribution is 2.27. The van der Waals surface area contributed by atoms with Crippen molar-refractivity contribution in [2.75, 3.05) is 0 Å². The maximum Gasteiger partial charge on any atom is 0.252 e. The molecule has 2 aromatic heterocycles. The van der Waals surface area contributed by atoms with Crippen LogP contribution in [-0.4, -0.2) is 30.1 Å². The van der Waals surface area contributed by atoms with Gasteiger partial charge in [0, 0.05) is 18.7 Å². The van der Waals surface area contributed by atoms with Crippen LogP contribution in [-0.2, 0) is 19.6 Å². The van der Waals surface area contributed by atoms with Gasteiger partial charge in [0.05, 0.1) is 18.1 Å². The van der Waals surface area contributed by atoms with Crippen molar-refractivity contribution < 1.29 is 4.39 Å². The predicted octanol–water partition coefficient (Wildman–Crippen LogP) is 5.47. The number of hydrogen-bond acceptors (Lipinski definition) is 5. The van der Waals surface area contributed by atoms with Crippen LogP contribution in [0.25, 0.3) is 10.9 Å². The van der Waals surface area contributed by atoms with Crippen molar-refractivity contribution in [3.05, 3.63) is 123 Å². The van der Waals surface area contributed by atoms with Crippen LogP contribution < -0.4 is 5.56 Å². The van der Waals surface area contributed by atoms with Gasteiger partial charge in [0.25, 0.3) is 5.56 Å². The van der Waals surface area contributed by atoms with E-state index in [1.165, 1.54) is 17.7 Å². The van der Waals surface area contributed by atoms with Gasteiger partial charge in [0.2, 0.25) is 0 Å². The molecule has 0 saturated heterocycles. The number of hydrogen-bond donors (Lipinski definition) is 1. The van der Waals surface area contributed by atoms with E-state index < -0.39 is 0 Å². The van der Waals surface area contributed by atoms with Gasteiger partial charge >= 0.3 is 0 Å². The topological polar surface area (TPSA) is 79.7 Å². The number of nitrogens with one attached hydrogen (secondary N) is 1. The fraction of sp³-hybridized carbons (Fsp3) is 0.267. The Labute approximate surface area is 220 Å². The Morgan fingerprint density at radius 3 is 2.45 bits per heavy atom. The number of aromatic amines is 1. The third-order valence-corrected chi connectivity index (χ3v) is 6.98. The molecule has 194 valence electrons. The number of tetrazole rings is 1. The van der Waals surface area contributed by atoms with Crippen LogP contribution in [0.3, 0.4) is 0 Å². The van der Waals surface area contributed by atoms with Crippen molar-refractivity contribution in [1.82, 2.24) is 30.1 Å². The van der Waals surface area contributed by atoms with Gasteiger partial charge in [-0.15, -0.1) is 5.10 Å². The standard InChI is InChI=1S/C30H31FN6O/c1-4-27(29-33-34-35-37(29)18-23-12-14-26(31)15-13-23)36(17-22-10-8-20(2)9-11-22)19-25-16-24-7-5-6-21(3)28(24)32-30(25)38/h5-16,27H,4,17-19H2,1-3H3,(H,32,38)/t27-/m1/s1. The lowest BCUT2D eigenvalue weighted by atomic mass is 10.1. The first-order valence-corrected chi connectivity index (χ1v) is 12.8. The molecule has 0 aliphatic carbocycles. The molecule has 7 nitrogen and oxygen atoms in total. The Hall–Kier alpha value is -4.17. The largest absolute Gasteiger partial charge is 0.321 e. The molecule has 2 heterocycles. The molecular formula is C30H31FN6O. The smallest absolute Gasteiger partial charge is 0.252 e. The van der Waals surface area contributed by atoms with Crippen molar-refractivity contribution in [1.29, 1.82) is 0 Å². The Morgan fingerprint density at radius 2 is 1.71 bits per heavy atom. The summed E-state index contributed by atoms with van der Waals surface area (Å²) in [5.74, 6) is 0.425. The molecule has 1 atom stereocenters. The minimum absolute atomic E-state index is 0.0959. The van der Waals surface area contributed by atoms with E-state index in [0.29, 0.717) is 31.0 Å². The van der Waals surface area contributed by atoms with Crippen molar-refractivity contribution in [2.24, 2.45) is 0 Å². The fourth-order valence-corrected chi connectivity index (χ4v) is 4.90. The van der Waals surface area contributed by atoms with Gasteiger partial charge in [-0.2, -0.15) is 0 Å². The molecule has 3 aromatic carbocycles. The SMILES string of the molecule is CC[C@H](c1nnnn1Cc1ccc(F)cc1)N(Cc1ccc(C)cc1)Cc1cc2cccc(C)c2[nH]c1=O. The number of H-pyrrole nitrogens is 1. The van der Waals surface area contributed by atoms with Crippen molar-refractivity contribution in [2.45, 2.75) is 52.9 Å². The lowest BCUT2D eigenvalue weighted by Gasteiger charge is -2.30. The number of para-hydroxylation sites is 1. The number of rotatable bonds is 9. The molecule has 0 fully saturated rings. The summed E-state index contributed by atoms with van der Waals surface area (Å²) in [5.41, 5.74) is 5.72. The first kappa shape index (κ1) is 25.5. The lowest BCUT2D eigenvalue weighted by Crippen LogP contribution is -2.32. The van der Waals surface area contributed by atoms with Crippen LogP contribution in [0.2, 0.25) is 0 Å². The third kappa shape index (κ3) is 5.55. The molecule has 0 unspecified atom stereocenters. The number of aryl methyl sites for hydroxylation is 2. The number of aromatic nitrogens is 5. The van der Waals surface area contributed by atoms with Crippen molar-refractivity contribution in [3.63, 3.8) is 0 Å². The van der Waals surface area contributed by atoms with E-state index in [0.717, 1.165) is 34.0 Å². The average Bonchev–Trinajstić information content (AvgIpc) is 3.36. The molecule has 0 spiro atoms. The summed E-state index contributed by atoms with van der Waals surface area (Å²) in [5, 5.41) is 13.6. The van der Waals surface area contributed by atoms with Gasteiger partial charge in [0.1, 0.15) is 5.82 Å². The van der Waals surface area contributed by atoms with Gasteiger partial charge in [-0.3, -0.25) is 9.69 Å². The monoisotopic (exact) mass is 510 g/mol. The molecule has 5 aromatic rings. The molecule has 0 bridgehead atoms. The van der Waals surface area contributed by atoms with E-state index in [4.69, 9.17) is 0 Å². The van der Waals surface area contributed by atoms with E-state index in [2.05, 4.69) is 63.5 Å². The number of pyridine rings is 1. The van der Waals surface area contributed by atoms with Gasteiger partial charge in [-0.1, -0.05) is 67.1 Å². The van der Waals surface area contributed by atoms with E-state index in [-0.39, 0.29) is 17.4 Å². The van der Waals surface area contributed by atoms with E-state index in [1.807, 2.05) is 31.2 Å². The van der Waals surface area contributed by atoms with Crippen LogP contribution in [0.15, 0.2) is 77.6 Å². The zero-order valence-corrected chi connectivity index (χ0v) is 21.9. The van der Waals surface area contributed by atoms with Gasteiger partial charge in [0.15, 0.2) is 5.82 Å². The maximum absolute atomic E-state index is 13.4. The van der Waals surface area contributed by atoms with Crippen LogP contribution in [0.4, 0.5) is 4.39 Å². The summed E-state index contributed by atoms with van der Waals surface area (Å²) in [7, 11) is 0. The van der Waals surface area contributed by atoms with Crippen LogP contribution in [0, 0.1) is 19.7 Å². The van der Waals surface area contributed by atoms with Gasteiger partial charge < -0.3 is 4.98 Å². The quantitative estimate of drug-likeness (QED) is 0.284. The molecule has 0 aliphatic rings. The molecule has 5 rings (SSSR count). The summed E-state index contributed by atoms with van der Waals surface area (Å²) < 4.78 is 15.2. The first-order valence-electron chi connectivity index (χ1n) is 12.8. The highest BCUT2D eigenvalue weighted by molar-refractivity contribution is 5.81. The molecule has 0 aliphatic heterocycles. The van der Waals surface area contributed by atoms with Gasteiger partial charge in [-0.25, -0.2) is 9.07 Å². The van der Waals surface area contributed by atoms with Crippen molar-refractivity contribution >= 4 is 10.9 Å². The Morgan fingerprint density at radius 1 is 0.974 bits per heavy atom. The Balaban J connectivity index is 1.52. The summed E-state index contributed by atoms with van der Waals surface area (Å²) in [6.07, 6.45) is 0.736. The van der Waals surface area contributed by atoms with Crippen LogP contribution >= 0.6 is 0 Å². The molecule has 0 amide bonds. The fourth-order valence-electron chi connectivity index (χ4n) is 4.90. The zero-order valence-electron chi connectivity index (χ0n) is 21.9. The molecule has 1 N–H and O–H groups in total. The lowest BCUT2D eigenvalue weighted by molar-refractivity contribution is 0.161. The second kappa shape index (κ2) is 11.1. The summed E-state index contributed by atoms with van der Waals surface area (Å²) >= 11 is 0. The van der Waals surface area contributed by atoms with E-state index in [1.54, 1.807) is 16.8 Å². The van der Waals surface area contributed by atoms with E-state index >= 15 is 0 Å². The summed E-state index contributed by atoms with van der Waals surface area (Å²) in [4.78, 5) is 18.5. The molecule has 8 heteroatoms. The number of nitrogens with zero attached hydrogens (tertiary/aromatic N) is 5. The van der Waals surface area contributed by atoms with E-state index in [9.17, 15) is 9.18 Å². The number of fused-ring (bicyclic) bond motifs is 1. The average molecular weight is 511 g/mol. The second-order valence-corrected chi connectivity index (χ2v) is 9.80. The minimum atomic E-state index is -0.280. The number of halogens is 1. The molecular weight excluding hydrogens is 479 g/mol. The normalized spacial score (nSPS) is 12.3. The summed E-state index contributed by atoms with van der Waals surface area (Å²) in [6, 6.07) is 22.6. The highest BCUT2D eigenvalue weighted by atomic mass is 19.1. The first-order chi connectivity index (χ1) is 18.4. The van der Waals surface area contributed by atoms with Crippen molar-refractivity contribution in [3.8, 4) is 0 Å². The molecule has 0 saturated carbocycles. The van der Waals surface area contributed by atoms with Gasteiger partial charge in [-0.05, 0) is 71.0 Å². The second-order valence-electron chi connectivity index (χ2n) is 9.80. The Kier molecular flexibility index (Phi) is 7.42. The predicted molar refractivity (Wildman–Crippen MR) is 146 cm³/mol. The summed E-state index contributed by atoms with van der Waals surface area (Å²) in [6.45, 7) is 7.62. The maximum atomic E-state index is 13.4. The van der Waals surface area contributed by atoms with Crippen LogP contribution in [0.5, 0.6) is 0 Å².